The molecule has 2 aromatic rings. The van der Waals surface area contributed by atoms with Crippen LogP contribution < -0.4 is 10.1 Å². The predicted molar refractivity (Wildman–Crippen MR) is 119 cm³/mol. The molecule has 2 aliphatic rings. The molecule has 1 atom stereocenters. The summed E-state index contributed by atoms with van der Waals surface area (Å²) in [6, 6.07) is 11.2. The minimum Gasteiger partial charge on any atom is -0.483 e. The summed E-state index contributed by atoms with van der Waals surface area (Å²) in [6.45, 7) is 5.67. The third-order valence-corrected chi connectivity index (χ3v) is 6.73. The second-order valence-electron chi connectivity index (χ2n) is 8.69. The number of carbonyl (C=O) groups is 2. The Labute approximate surface area is 187 Å². The highest BCUT2D eigenvalue weighted by atomic mass is 35.5. The Morgan fingerprint density at radius 2 is 2.00 bits per heavy atom. The molecule has 6 nitrogen and oxygen atoms in total. The van der Waals surface area contributed by atoms with Gasteiger partial charge < -0.3 is 15.0 Å². The molecule has 0 radical (unpaired) electrons. The number of likely N-dealkylation sites (tertiary alicyclic amines) is 1. The molecule has 7 heteroatoms. The number of halogens is 1. The molecule has 1 aromatic heterocycles. The molecule has 1 N–H and O–H groups in total. The van der Waals surface area contributed by atoms with E-state index in [-0.39, 0.29) is 29.8 Å². The van der Waals surface area contributed by atoms with Gasteiger partial charge in [-0.15, -0.1) is 0 Å². The van der Waals surface area contributed by atoms with Crippen molar-refractivity contribution in [3.63, 3.8) is 0 Å². The summed E-state index contributed by atoms with van der Waals surface area (Å²) >= 11 is 5.96. The Hall–Kier alpha value is -2.60. The van der Waals surface area contributed by atoms with Crippen LogP contribution in [0.4, 0.5) is 0 Å². The highest BCUT2D eigenvalue weighted by Gasteiger charge is 2.58. The Bertz CT molecular complexity index is 986. The van der Waals surface area contributed by atoms with Crippen LogP contribution in [0, 0.1) is 25.2 Å². The summed E-state index contributed by atoms with van der Waals surface area (Å²) < 4.78 is 5.70. The van der Waals surface area contributed by atoms with Crippen molar-refractivity contribution in [1.82, 2.24) is 15.2 Å². The van der Waals surface area contributed by atoms with E-state index in [1.165, 1.54) is 0 Å². The number of rotatable bonds is 6. The van der Waals surface area contributed by atoms with Gasteiger partial charge in [-0.1, -0.05) is 17.7 Å². The Balaban J connectivity index is 1.22. The van der Waals surface area contributed by atoms with Crippen molar-refractivity contribution in [3.05, 3.63) is 58.4 Å². The van der Waals surface area contributed by atoms with Gasteiger partial charge in [-0.05, 0) is 74.4 Å². The highest BCUT2D eigenvalue weighted by Crippen LogP contribution is 2.59. The van der Waals surface area contributed by atoms with Crippen molar-refractivity contribution in [2.24, 2.45) is 11.3 Å². The van der Waals surface area contributed by atoms with Crippen LogP contribution in [0.3, 0.4) is 0 Å². The third kappa shape index (κ3) is 5.01. The first-order valence-corrected chi connectivity index (χ1v) is 11.1. The van der Waals surface area contributed by atoms with Gasteiger partial charge in [0.2, 0.25) is 5.91 Å². The molecule has 1 aliphatic heterocycles. The maximum atomic E-state index is 12.6. The second kappa shape index (κ2) is 8.87. The molecule has 1 saturated heterocycles. The fraction of sp³-hybridized carbons (Fsp3) is 0.458. The molecule has 1 aliphatic carbocycles. The maximum absolute atomic E-state index is 12.6. The highest BCUT2D eigenvalue weighted by molar-refractivity contribution is 6.30. The average molecular weight is 442 g/mol. The quantitative estimate of drug-likeness (QED) is 0.742. The van der Waals surface area contributed by atoms with E-state index in [1.807, 2.05) is 43.0 Å². The number of aryl methyl sites for hydroxylation is 2. The molecule has 2 fully saturated rings. The summed E-state index contributed by atoms with van der Waals surface area (Å²) in [4.78, 5) is 31.5. The van der Waals surface area contributed by atoms with Gasteiger partial charge in [0, 0.05) is 29.7 Å². The lowest BCUT2D eigenvalue weighted by molar-refractivity contribution is -0.135. The van der Waals surface area contributed by atoms with Crippen LogP contribution in [-0.2, 0) is 16.1 Å². The molecule has 164 valence electrons. The van der Waals surface area contributed by atoms with Crippen molar-refractivity contribution < 1.29 is 14.3 Å². The SMILES string of the molecule is Cc1cccc(CNC(=O)C2CC23CCN(C(=O)COc2ccc(Cl)cc2C)CC3)n1. The maximum Gasteiger partial charge on any atom is 0.260 e. The monoisotopic (exact) mass is 441 g/mol. The van der Waals surface area contributed by atoms with Crippen molar-refractivity contribution in [3.8, 4) is 5.75 Å². The van der Waals surface area contributed by atoms with Crippen molar-refractivity contribution in [2.45, 2.75) is 39.7 Å². The van der Waals surface area contributed by atoms with Crippen molar-refractivity contribution >= 4 is 23.4 Å². The summed E-state index contributed by atoms with van der Waals surface area (Å²) in [7, 11) is 0. The minimum atomic E-state index is -0.0172. The lowest BCUT2D eigenvalue weighted by atomic mass is 9.90. The smallest absolute Gasteiger partial charge is 0.260 e. The van der Waals surface area contributed by atoms with E-state index in [4.69, 9.17) is 16.3 Å². The number of ether oxygens (including phenoxy) is 1. The topological polar surface area (TPSA) is 71.5 Å². The Morgan fingerprint density at radius 1 is 1.23 bits per heavy atom. The number of pyridine rings is 1. The number of nitrogens with zero attached hydrogens (tertiary/aromatic N) is 2. The van der Waals surface area contributed by atoms with Crippen LogP contribution in [-0.4, -0.2) is 41.4 Å². The number of benzene rings is 1. The summed E-state index contributed by atoms with van der Waals surface area (Å²) in [5, 5.41) is 3.68. The lowest BCUT2D eigenvalue weighted by Crippen LogP contribution is -2.42. The number of aromatic nitrogens is 1. The first-order chi connectivity index (χ1) is 14.9. The van der Waals surface area contributed by atoms with Gasteiger partial charge in [-0.2, -0.15) is 0 Å². The van der Waals surface area contributed by atoms with Gasteiger partial charge in [0.15, 0.2) is 6.61 Å². The minimum absolute atomic E-state index is 0.0167. The fourth-order valence-electron chi connectivity index (χ4n) is 4.48. The average Bonchev–Trinajstić information content (AvgIpc) is 3.45. The molecule has 1 spiro atoms. The molecule has 31 heavy (non-hydrogen) atoms. The van der Waals surface area contributed by atoms with Gasteiger partial charge in [0.1, 0.15) is 5.75 Å². The number of piperidine rings is 1. The molecular weight excluding hydrogens is 414 g/mol. The van der Waals surface area contributed by atoms with E-state index >= 15 is 0 Å². The Kier molecular flexibility index (Phi) is 6.19. The van der Waals surface area contributed by atoms with Crippen LogP contribution in [0.15, 0.2) is 36.4 Å². The van der Waals surface area contributed by atoms with Crippen LogP contribution in [0.25, 0.3) is 0 Å². The number of carbonyl (C=O) groups excluding carboxylic acids is 2. The van der Waals surface area contributed by atoms with Crippen LogP contribution in [0.1, 0.15) is 36.2 Å². The predicted octanol–water partition coefficient (Wildman–Crippen LogP) is 3.68. The van der Waals surface area contributed by atoms with Crippen LogP contribution in [0.2, 0.25) is 5.02 Å². The molecule has 1 unspecified atom stereocenters. The molecular formula is C24H28ClN3O3. The number of hydrogen-bond donors (Lipinski definition) is 1. The zero-order valence-electron chi connectivity index (χ0n) is 18.0. The van der Waals surface area contributed by atoms with E-state index in [2.05, 4.69) is 10.3 Å². The van der Waals surface area contributed by atoms with Crippen molar-refractivity contribution in [1.29, 1.82) is 0 Å². The first-order valence-electron chi connectivity index (χ1n) is 10.7. The normalized spacial score (nSPS) is 19.2. The zero-order chi connectivity index (χ0) is 22.0. The second-order valence-corrected chi connectivity index (χ2v) is 9.12. The summed E-state index contributed by atoms with van der Waals surface area (Å²) in [5.74, 6) is 0.803. The molecule has 2 heterocycles. The fourth-order valence-corrected chi connectivity index (χ4v) is 4.70. The van der Waals surface area contributed by atoms with Gasteiger partial charge in [0.25, 0.3) is 5.91 Å². The number of amides is 2. The summed E-state index contributed by atoms with van der Waals surface area (Å²) in [5.41, 5.74) is 2.78. The van der Waals surface area contributed by atoms with Crippen LogP contribution in [0.5, 0.6) is 5.75 Å². The van der Waals surface area contributed by atoms with E-state index in [0.29, 0.717) is 30.4 Å². The lowest BCUT2D eigenvalue weighted by Gasteiger charge is -2.32. The van der Waals surface area contributed by atoms with Gasteiger partial charge in [-0.25, -0.2) is 0 Å². The molecule has 0 bridgehead atoms. The Morgan fingerprint density at radius 3 is 2.71 bits per heavy atom. The summed E-state index contributed by atoms with van der Waals surface area (Å²) in [6.07, 6.45) is 2.63. The zero-order valence-corrected chi connectivity index (χ0v) is 18.7. The number of hydrogen-bond acceptors (Lipinski definition) is 4. The third-order valence-electron chi connectivity index (χ3n) is 6.50. The first kappa shape index (κ1) is 21.6. The number of nitrogens with one attached hydrogen (secondary N) is 1. The van der Waals surface area contributed by atoms with Gasteiger partial charge in [0.05, 0.1) is 12.2 Å². The van der Waals surface area contributed by atoms with E-state index < -0.39 is 0 Å². The standard InChI is InChI=1S/C24H28ClN3O3/c1-16-12-18(25)6-7-21(16)31-15-22(29)28-10-8-24(9-11-28)13-20(24)23(30)26-14-19-5-3-4-17(2)27-19/h3-7,12,20H,8-11,13-15H2,1-2H3,(H,26,30). The van der Waals surface area contributed by atoms with Crippen molar-refractivity contribution in [2.75, 3.05) is 19.7 Å². The van der Waals surface area contributed by atoms with Gasteiger partial charge in [-0.3, -0.25) is 14.6 Å². The van der Waals surface area contributed by atoms with Gasteiger partial charge >= 0.3 is 0 Å². The van der Waals surface area contributed by atoms with E-state index in [1.54, 1.807) is 12.1 Å². The molecule has 4 rings (SSSR count). The molecule has 1 aromatic carbocycles. The largest absolute Gasteiger partial charge is 0.483 e. The molecule has 2 amide bonds. The van der Waals surface area contributed by atoms with E-state index in [9.17, 15) is 9.59 Å². The van der Waals surface area contributed by atoms with E-state index in [0.717, 1.165) is 36.2 Å². The van der Waals surface area contributed by atoms with Crippen LogP contribution >= 0.6 is 11.6 Å². The molecule has 1 saturated carbocycles.